The van der Waals surface area contributed by atoms with Crippen LogP contribution in [-0.2, 0) is 9.53 Å². The predicted molar refractivity (Wildman–Crippen MR) is 206 cm³/mol. The van der Waals surface area contributed by atoms with Crippen molar-refractivity contribution in [1.29, 1.82) is 0 Å². The lowest BCUT2D eigenvalue weighted by Crippen LogP contribution is -2.45. The lowest BCUT2D eigenvalue weighted by Gasteiger charge is -2.36. The quantitative estimate of drug-likeness (QED) is 0.230. The molecule has 1 amide bonds. The topological polar surface area (TPSA) is 174 Å². The third-order valence-electron chi connectivity index (χ3n) is 12.9. The molecule has 0 aliphatic carbocycles. The van der Waals surface area contributed by atoms with Crippen molar-refractivity contribution in [2.24, 2.45) is 45.5 Å². The normalized spacial score (nSPS) is 35.4. The number of carbonyl (C=O) groups is 2. The smallest absolute Gasteiger partial charge is 0.312 e. The van der Waals surface area contributed by atoms with E-state index in [-0.39, 0.29) is 79.3 Å². The molecule has 5 N–H and O–H groups in total. The summed E-state index contributed by atoms with van der Waals surface area (Å²) >= 11 is 0. The van der Waals surface area contributed by atoms with Crippen LogP contribution in [-0.4, -0.2) is 80.8 Å². The molecule has 0 unspecified atom stereocenters. The average Bonchev–Trinajstić information content (AvgIpc) is 3.64. The van der Waals surface area contributed by atoms with Crippen molar-refractivity contribution >= 4 is 28.2 Å². The number of rotatable bonds is 0. The number of Topliss-reactive ketones (excluding diaryl/α,β-unsaturated/α-hetero) is 1. The van der Waals surface area contributed by atoms with Gasteiger partial charge >= 0.3 is 5.79 Å². The Morgan fingerprint density at radius 3 is 2.19 bits per heavy atom. The first-order valence-electron chi connectivity index (χ1n) is 19.2. The van der Waals surface area contributed by atoms with Gasteiger partial charge in [-0.05, 0) is 50.6 Å². The second-order valence-corrected chi connectivity index (χ2v) is 16.5. The second-order valence-electron chi connectivity index (χ2n) is 16.5. The Balaban J connectivity index is 1.57. The number of aliphatic hydroxyl groups is 2. The highest BCUT2D eigenvalue weighted by atomic mass is 16.7. The third kappa shape index (κ3) is 6.60. The minimum absolute atomic E-state index is 0.0203. The molecule has 1 spiro atoms. The van der Waals surface area contributed by atoms with Crippen LogP contribution in [0.5, 0.6) is 17.2 Å². The number of aliphatic hydroxyl groups excluding tert-OH is 2. The predicted octanol–water partition coefficient (Wildman–Crippen LogP) is 5.05. The van der Waals surface area contributed by atoms with Gasteiger partial charge in [0.2, 0.25) is 0 Å². The first kappa shape index (κ1) is 39.4. The first-order chi connectivity index (χ1) is 25.3. The number of amides is 1. The van der Waals surface area contributed by atoms with Crippen LogP contribution in [0.4, 0.5) is 5.69 Å². The minimum atomic E-state index is -1.80. The van der Waals surface area contributed by atoms with Gasteiger partial charge in [0.1, 0.15) is 27.9 Å². The maximum absolute atomic E-state index is 14.5. The van der Waals surface area contributed by atoms with Crippen LogP contribution in [0.15, 0.2) is 46.1 Å². The molecule has 2 aromatic carbocycles. The van der Waals surface area contributed by atoms with E-state index in [0.29, 0.717) is 18.5 Å². The van der Waals surface area contributed by atoms with Gasteiger partial charge in [0.15, 0.2) is 5.75 Å². The molecule has 12 heteroatoms. The van der Waals surface area contributed by atoms with Crippen molar-refractivity contribution in [1.82, 2.24) is 4.90 Å². The molecule has 5 aliphatic heterocycles. The van der Waals surface area contributed by atoms with Gasteiger partial charge in [-0.1, -0.05) is 59.8 Å². The van der Waals surface area contributed by atoms with Crippen LogP contribution in [0.25, 0.3) is 10.8 Å². The van der Waals surface area contributed by atoms with E-state index in [1.807, 2.05) is 40.8 Å². The molecular formula is C42H56N4O8. The summed E-state index contributed by atoms with van der Waals surface area (Å²) in [5.41, 5.74) is 0.199. The van der Waals surface area contributed by atoms with Crippen molar-refractivity contribution in [2.75, 3.05) is 25.5 Å². The number of ketones is 1. The van der Waals surface area contributed by atoms with Gasteiger partial charge in [0.05, 0.1) is 35.1 Å². The van der Waals surface area contributed by atoms with E-state index in [1.54, 1.807) is 32.1 Å². The van der Waals surface area contributed by atoms with Crippen LogP contribution in [0.2, 0.25) is 0 Å². The molecular weight excluding hydrogens is 688 g/mol. The van der Waals surface area contributed by atoms with Crippen LogP contribution in [0.3, 0.4) is 0 Å². The van der Waals surface area contributed by atoms with Gasteiger partial charge < -0.3 is 40.1 Å². The summed E-state index contributed by atoms with van der Waals surface area (Å²) in [6.45, 7) is 18.1. The van der Waals surface area contributed by atoms with Gasteiger partial charge in [0.25, 0.3) is 11.7 Å². The van der Waals surface area contributed by atoms with Crippen LogP contribution < -0.4 is 20.8 Å². The zero-order valence-corrected chi connectivity index (χ0v) is 33.1. The number of hydrogen-bond acceptors (Lipinski definition) is 11. The molecule has 2 aromatic rings. The molecule has 12 nitrogen and oxygen atoms in total. The maximum Gasteiger partial charge on any atom is 0.312 e. The highest BCUT2D eigenvalue weighted by Gasteiger charge is 2.50. The Bertz CT molecular complexity index is 2080. The molecule has 5 heterocycles. The minimum Gasteiger partial charge on any atom is -0.507 e. The Hall–Kier alpha value is -4.26. The van der Waals surface area contributed by atoms with Crippen molar-refractivity contribution in [2.45, 2.75) is 98.8 Å². The monoisotopic (exact) mass is 744 g/mol. The van der Waals surface area contributed by atoms with Crippen molar-refractivity contribution < 1.29 is 39.5 Å². The summed E-state index contributed by atoms with van der Waals surface area (Å²) in [7, 11) is 2.03. The molecule has 0 saturated carbocycles. The number of aromatic hydroxyl groups is 2. The number of fused-ring (bicyclic) bond motifs is 13. The van der Waals surface area contributed by atoms with E-state index < -0.39 is 47.0 Å². The number of piperidine rings is 1. The number of nitrogens with zero attached hydrogens (tertiary/aromatic N) is 3. The molecule has 54 heavy (non-hydrogen) atoms. The number of nitrogens with one attached hydrogen (secondary N) is 1. The van der Waals surface area contributed by atoms with E-state index in [9.17, 15) is 30.0 Å². The Labute approximate surface area is 317 Å². The number of benzene rings is 2. The molecule has 9 atom stereocenters. The lowest BCUT2D eigenvalue weighted by molar-refractivity contribution is -0.114. The number of ether oxygens (including phenoxy) is 2. The van der Waals surface area contributed by atoms with Crippen molar-refractivity contribution in [3.8, 4) is 17.2 Å². The summed E-state index contributed by atoms with van der Waals surface area (Å²) in [5, 5.41) is 50.1. The summed E-state index contributed by atoms with van der Waals surface area (Å²) in [6.07, 6.45) is 7.99. The zero-order chi connectivity index (χ0) is 39.6. The fourth-order valence-corrected chi connectivity index (χ4v) is 8.36. The second kappa shape index (κ2) is 14.4. The fourth-order valence-electron chi connectivity index (χ4n) is 8.36. The highest BCUT2D eigenvalue weighted by Crippen LogP contribution is 2.51. The summed E-state index contributed by atoms with van der Waals surface area (Å²) in [4.78, 5) is 39.9. The van der Waals surface area contributed by atoms with Gasteiger partial charge in [0, 0.05) is 61.2 Å². The molecule has 1 fully saturated rings. The average molecular weight is 745 g/mol. The van der Waals surface area contributed by atoms with Gasteiger partial charge in [-0.25, -0.2) is 4.99 Å². The first-order valence-corrected chi connectivity index (χ1v) is 19.2. The molecule has 0 radical (unpaired) electrons. The maximum atomic E-state index is 14.5. The van der Waals surface area contributed by atoms with E-state index in [4.69, 9.17) is 14.5 Å². The number of hydrogen-bond donors (Lipinski definition) is 5. The molecule has 292 valence electrons. The molecule has 7 rings (SSSR count). The number of anilines is 1. The Morgan fingerprint density at radius 2 is 1.52 bits per heavy atom. The highest BCUT2D eigenvalue weighted by molar-refractivity contribution is 6.21. The summed E-state index contributed by atoms with van der Waals surface area (Å²) in [5.74, 6) is -4.40. The molecule has 5 aliphatic rings. The number of carbonyl (C=O) groups excluding carboxylic acids is 2. The lowest BCUT2D eigenvalue weighted by atomic mass is 9.72. The Morgan fingerprint density at radius 1 is 0.852 bits per heavy atom. The molecule has 5 bridgehead atoms. The SMILES string of the molecule is C/C1=C/C=C/[C@H](C)[C@H](O)[C@@H](C)[C@@H](O)[C@@H](C)[C@H](C)[C@H](C)[C@@H](C)/C=C/O[C@@]2(C)Oc3c(C)c(O)c4c(O)c(c5c(c4c3C2=O)NC2(CCN(C)CC2)N=5)=NC1=O. The Kier molecular flexibility index (Phi) is 10.5. The van der Waals surface area contributed by atoms with Crippen LogP contribution in [0, 0.1) is 42.4 Å². The van der Waals surface area contributed by atoms with E-state index in [2.05, 4.69) is 29.1 Å². The van der Waals surface area contributed by atoms with Gasteiger partial charge in [-0.2, -0.15) is 0 Å². The van der Waals surface area contributed by atoms with E-state index >= 15 is 0 Å². The number of phenolic OH excluding ortho intramolecular Hbond substituents is 2. The largest absolute Gasteiger partial charge is 0.507 e. The summed E-state index contributed by atoms with van der Waals surface area (Å²) in [6, 6.07) is 0. The third-order valence-corrected chi connectivity index (χ3v) is 12.9. The van der Waals surface area contributed by atoms with Crippen LogP contribution in [0.1, 0.15) is 84.2 Å². The van der Waals surface area contributed by atoms with E-state index in [1.165, 1.54) is 13.2 Å². The number of phenols is 2. The summed E-state index contributed by atoms with van der Waals surface area (Å²) < 4.78 is 12.4. The van der Waals surface area contributed by atoms with Crippen molar-refractivity contribution in [3.05, 3.63) is 58.0 Å². The number of allylic oxidation sites excluding steroid dienone is 3. The van der Waals surface area contributed by atoms with Crippen LogP contribution >= 0.6 is 0 Å². The zero-order valence-electron chi connectivity index (χ0n) is 33.1. The standard InChI is InChI=1S/C42H56N4O8/c1-20-14-19-53-41(9)39(51)30-28-29(36(49)27(8)38(30)54-41)37(50)33(32-31(28)44-42(45-32)15-17-46(10)18-16-42)43-40(52)22(3)13-11-12-21(2)34(47)26(7)35(48)25(6)24(5)23(20)4/h11-14,19-21,23-26,34-35,44,47-50H,15-18H2,1-10H3/b12-11+,19-14+,22-13-,43-33?/t20-,21-,23+,24+,25-,26+,34-,35-,41-/m0/s1. The van der Waals surface area contributed by atoms with Gasteiger partial charge in [-0.15, -0.1) is 0 Å². The van der Waals surface area contributed by atoms with Crippen molar-refractivity contribution in [3.63, 3.8) is 0 Å². The van der Waals surface area contributed by atoms with Gasteiger partial charge in [-0.3, -0.25) is 14.6 Å². The molecule has 0 aromatic heterocycles. The van der Waals surface area contributed by atoms with E-state index in [0.717, 1.165) is 13.1 Å². The fraction of sp³-hybridized carbons (Fsp3) is 0.571. The molecule has 1 saturated heterocycles. The number of likely N-dealkylation sites (tertiary alicyclic amines) is 1.